The van der Waals surface area contributed by atoms with Crippen LogP contribution < -0.4 is 11.2 Å². The molecule has 13 heavy (non-hydrogen) atoms. The lowest BCUT2D eigenvalue weighted by Crippen LogP contribution is -2.26. The highest BCUT2D eigenvalue weighted by Crippen LogP contribution is 2.04. The first-order chi connectivity index (χ1) is 6.06. The SMILES string of the molecule is O=C(OO)c1[nH]c(=O)[nH]c(=O)c1O. The van der Waals surface area contributed by atoms with Gasteiger partial charge >= 0.3 is 11.7 Å². The van der Waals surface area contributed by atoms with Gasteiger partial charge in [-0.15, -0.1) is 0 Å². The van der Waals surface area contributed by atoms with Gasteiger partial charge in [-0.3, -0.25) is 19.7 Å². The minimum atomic E-state index is -1.43. The van der Waals surface area contributed by atoms with Crippen molar-refractivity contribution in [2.24, 2.45) is 0 Å². The first kappa shape index (κ1) is 9.00. The standard InChI is InChI=1S/C5H4N2O6/c8-2-1(4(10)13-12)6-5(11)7-3(2)9/h8,12H,(H2,6,7,9,11). The van der Waals surface area contributed by atoms with Crippen LogP contribution in [-0.2, 0) is 4.89 Å². The van der Waals surface area contributed by atoms with Gasteiger partial charge in [0.2, 0.25) is 5.75 Å². The van der Waals surface area contributed by atoms with Crippen molar-refractivity contribution in [2.45, 2.75) is 0 Å². The number of hydrogen-bond donors (Lipinski definition) is 4. The molecule has 4 N–H and O–H groups in total. The Balaban J connectivity index is 3.46. The average Bonchev–Trinajstić information content (AvgIpc) is 2.10. The van der Waals surface area contributed by atoms with Crippen LogP contribution in [0, 0.1) is 0 Å². The van der Waals surface area contributed by atoms with Gasteiger partial charge in [-0.2, -0.15) is 5.26 Å². The summed E-state index contributed by atoms with van der Waals surface area (Å²) >= 11 is 0. The number of carbonyl (C=O) groups is 1. The van der Waals surface area contributed by atoms with E-state index in [4.69, 9.17) is 10.4 Å². The van der Waals surface area contributed by atoms with Gasteiger partial charge in [0.15, 0.2) is 5.69 Å². The maximum Gasteiger partial charge on any atom is 0.393 e. The van der Waals surface area contributed by atoms with Crippen LogP contribution in [0.5, 0.6) is 5.75 Å². The zero-order valence-corrected chi connectivity index (χ0v) is 6.03. The van der Waals surface area contributed by atoms with Crippen molar-refractivity contribution in [3.63, 3.8) is 0 Å². The Morgan fingerprint density at radius 1 is 1.31 bits per heavy atom. The molecule has 0 bridgehead atoms. The molecule has 1 aromatic heterocycles. The second-order valence-electron chi connectivity index (χ2n) is 2.01. The lowest BCUT2D eigenvalue weighted by Gasteiger charge is -1.97. The number of nitrogens with one attached hydrogen (secondary N) is 2. The monoisotopic (exact) mass is 188 g/mol. The number of aromatic hydroxyl groups is 1. The average molecular weight is 188 g/mol. The summed E-state index contributed by atoms with van der Waals surface area (Å²) in [6, 6.07) is 0. The second kappa shape index (κ2) is 3.11. The lowest BCUT2D eigenvalue weighted by molar-refractivity contribution is -0.183. The molecule has 0 atom stereocenters. The van der Waals surface area contributed by atoms with Gasteiger partial charge in [0.1, 0.15) is 0 Å². The molecule has 0 saturated heterocycles. The predicted molar refractivity (Wildman–Crippen MR) is 37.4 cm³/mol. The minimum Gasteiger partial charge on any atom is -0.501 e. The number of hydrogen-bond acceptors (Lipinski definition) is 6. The molecule has 0 aliphatic carbocycles. The minimum absolute atomic E-state index is 0.809. The van der Waals surface area contributed by atoms with Crippen LogP contribution >= 0.6 is 0 Å². The highest BCUT2D eigenvalue weighted by molar-refractivity contribution is 5.89. The summed E-state index contributed by atoms with van der Waals surface area (Å²) in [7, 11) is 0. The van der Waals surface area contributed by atoms with Crippen LogP contribution in [-0.4, -0.2) is 26.3 Å². The van der Waals surface area contributed by atoms with Gasteiger partial charge in [-0.1, -0.05) is 0 Å². The third-order valence-corrected chi connectivity index (χ3v) is 1.20. The summed E-state index contributed by atoms with van der Waals surface area (Å²) in [6.45, 7) is 0. The van der Waals surface area contributed by atoms with Crippen LogP contribution in [0.15, 0.2) is 9.59 Å². The molecule has 8 nitrogen and oxygen atoms in total. The molecule has 0 spiro atoms. The van der Waals surface area contributed by atoms with E-state index in [2.05, 4.69) is 4.89 Å². The van der Waals surface area contributed by atoms with E-state index in [1.807, 2.05) is 0 Å². The molecule has 8 heteroatoms. The third kappa shape index (κ3) is 1.56. The van der Waals surface area contributed by atoms with Gasteiger partial charge in [-0.05, 0) is 0 Å². The molecule has 1 heterocycles. The van der Waals surface area contributed by atoms with Crippen molar-refractivity contribution in [3.05, 3.63) is 26.5 Å². The molecule has 0 radical (unpaired) electrons. The maximum absolute atomic E-state index is 10.7. The number of aromatic amines is 2. The molecule has 0 fully saturated rings. The second-order valence-corrected chi connectivity index (χ2v) is 2.01. The molecule has 0 aromatic carbocycles. The maximum atomic E-state index is 10.7. The van der Waals surface area contributed by atoms with Crippen molar-refractivity contribution >= 4 is 5.97 Å². The molecule has 1 aromatic rings. The Morgan fingerprint density at radius 3 is 2.46 bits per heavy atom. The van der Waals surface area contributed by atoms with Crippen LogP contribution in [0.4, 0.5) is 0 Å². The zero-order valence-electron chi connectivity index (χ0n) is 6.03. The number of aromatic nitrogens is 2. The quantitative estimate of drug-likeness (QED) is 0.310. The molecule has 0 aliphatic heterocycles. The Labute approximate surface area is 69.4 Å². The van der Waals surface area contributed by atoms with E-state index in [-0.39, 0.29) is 0 Å². The third-order valence-electron chi connectivity index (χ3n) is 1.20. The first-order valence-corrected chi connectivity index (χ1v) is 2.97. The molecule has 0 saturated carbocycles. The van der Waals surface area contributed by atoms with Crippen molar-refractivity contribution in [3.8, 4) is 5.75 Å². The van der Waals surface area contributed by atoms with Gasteiger partial charge in [-0.25, -0.2) is 9.59 Å². The summed E-state index contributed by atoms with van der Waals surface area (Å²) in [6.07, 6.45) is 0. The van der Waals surface area contributed by atoms with Gasteiger partial charge < -0.3 is 5.11 Å². The van der Waals surface area contributed by atoms with E-state index in [1.165, 1.54) is 0 Å². The Kier molecular flexibility index (Phi) is 2.15. The van der Waals surface area contributed by atoms with E-state index in [0.717, 1.165) is 0 Å². The normalized spacial score (nSPS) is 9.62. The fraction of sp³-hybridized carbons (Fsp3) is 0. The topological polar surface area (TPSA) is 132 Å². The largest absolute Gasteiger partial charge is 0.501 e. The van der Waals surface area contributed by atoms with E-state index in [0.29, 0.717) is 0 Å². The molecule has 70 valence electrons. The van der Waals surface area contributed by atoms with Crippen LogP contribution in [0.2, 0.25) is 0 Å². The van der Waals surface area contributed by atoms with Crippen molar-refractivity contribution in [2.75, 3.05) is 0 Å². The molecular weight excluding hydrogens is 184 g/mol. The Hall–Kier alpha value is -2.09. The number of rotatable bonds is 1. The zero-order chi connectivity index (χ0) is 10.0. The summed E-state index contributed by atoms with van der Waals surface area (Å²) < 4.78 is 0. The number of carbonyl (C=O) groups excluding carboxylic acids is 1. The highest BCUT2D eigenvalue weighted by atomic mass is 17.1. The predicted octanol–water partition coefficient (Wildman–Crippen LogP) is -1.60. The fourth-order valence-electron chi connectivity index (χ4n) is 0.673. The van der Waals surface area contributed by atoms with Gasteiger partial charge in [0, 0.05) is 0 Å². The van der Waals surface area contributed by atoms with E-state index < -0.39 is 28.7 Å². The molecular formula is C5H4N2O6. The van der Waals surface area contributed by atoms with E-state index in [1.54, 1.807) is 9.97 Å². The first-order valence-electron chi connectivity index (χ1n) is 2.97. The van der Waals surface area contributed by atoms with Crippen molar-refractivity contribution < 1.29 is 20.0 Å². The lowest BCUT2D eigenvalue weighted by atomic mass is 10.4. The summed E-state index contributed by atoms with van der Waals surface area (Å²) in [5, 5.41) is 16.8. The van der Waals surface area contributed by atoms with Crippen molar-refractivity contribution in [1.29, 1.82) is 0 Å². The molecule has 0 amide bonds. The van der Waals surface area contributed by atoms with Crippen LogP contribution in [0.25, 0.3) is 0 Å². The fourth-order valence-corrected chi connectivity index (χ4v) is 0.673. The van der Waals surface area contributed by atoms with Gasteiger partial charge in [0.05, 0.1) is 0 Å². The summed E-state index contributed by atoms with van der Waals surface area (Å²) in [5.41, 5.74) is -2.95. The van der Waals surface area contributed by atoms with E-state index >= 15 is 0 Å². The van der Waals surface area contributed by atoms with E-state index in [9.17, 15) is 14.4 Å². The van der Waals surface area contributed by atoms with Gasteiger partial charge in [0.25, 0.3) is 5.56 Å². The molecule has 0 aliphatic rings. The summed E-state index contributed by atoms with van der Waals surface area (Å²) in [5.74, 6) is -2.46. The van der Waals surface area contributed by atoms with Crippen LogP contribution in [0.1, 0.15) is 10.5 Å². The summed E-state index contributed by atoms with van der Waals surface area (Å²) in [4.78, 5) is 38.5. The Morgan fingerprint density at radius 2 is 1.92 bits per heavy atom. The number of H-pyrrole nitrogens is 2. The van der Waals surface area contributed by atoms with Crippen molar-refractivity contribution in [1.82, 2.24) is 9.97 Å². The smallest absolute Gasteiger partial charge is 0.393 e. The van der Waals surface area contributed by atoms with Crippen LogP contribution in [0.3, 0.4) is 0 Å². The Bertz CT molecular complexity index is 443. The molecule has 1 rings (SSSR count). The molecule has 0 unspecified atom stereocenters. The highest BCUT2D eigenvalue weighted by Gasteiger charge is 2.16.